The lowest BCUT2D eigenvalue weighted by Gasteiger charge is -2.14. The zero-order valence-electron chi connectivity index (χ0n) is 14.5. The Bertz CT molecular complexity index is 681. The van der Waals surface area contributed by atoms with Crippen LogP contribution in [0, 0.1) is 5.82 Å². The summed E-state index contributed by atoms with van der Waals surface area (Å²) in [6.07, 6.45) is 4.97. The molecular formula is C20H24BrClFNO. The summed E-state index contributed by atoms with van der Waals surface area (Å²) in [5, 5.41) is 3.85. The number of hydrogen-bond acceptors (Lipinski definition) is 2. The molecule has 0 fully saturated rings. The van der Waals surface area contributed by atoms with Crippen LogP contribution in [-0.2, 0) is 13.2 Å². The molecule has 0 bridgehead atoms. The standard InChI is InChI=1S/C20H24BrClFNO/c1-2-3-4-5-10-24-13-16-11-17(21)7-9-20(16)25-14-15-6-8-18(23)12-19(15)22/h6-9,11-12,24H,2-5,10,13-14H2,1H3. The van der Waals surface area contributed by atoms with E-state index in [0.717, 1.165) is 34.4 Å². The molecule has 0 aliphatic heterocycles. The Labute approximate surface area is 162 Å². The van der Waals surface area contributed by atoms with Gasteiger partial charge in [0.15, 0.2) is 0 Å². The Morgan fingerprint density at radius 3 is 2.68 bits per heavy atom. The number of unbranched alkanes of at least 4 members (excludes halogenated alkanes) is 3. The predicted molar refractivity (Wildman–Crippen MR) is 106 cm³/mol. The molecule has 25 heavy (non-hydrogen) atoms. The lowest BCUT2D eigenvalue weighted by atomic mass is 10.1. The number of benzene rings is 2. The van der Waals surface area contributed by atoms with Crippen LogP contribution in [0.1, 0.15) is 43.7 Å². The molecule has 0 saturated heterocycles. The van der Waals surface area contributed by atoms with Crippen molar-refractivity contribution in [3.05, 3.63) is 62.8 Å². The molecule has 0 unspecified atom stereocenters. The molecule has 136 valence electrons. The first-order valence-corrected chi connectivity index (χ1v) is 9.83. The molecule has 2 nitrogen and oxygen atoms in total. The van der Waals surface area contributed by atoms with E-state index in [1.54, 1.807) is 6.07 Å². The number of rotatable bonds is 10. The van der Waals surface area contributed by atoms with Gasteiger partial charge < -0.3 is 10.1 Å². The maximum absolute atomic E-state index is 13.1. The van der Waals surface area contributed by atoms with Crippen molar-refractivity contribution in [2.45, 2.75) is 45.8 Å². The Morgan fingerprint density at radius 2 is 1.92 bits per heavy atom. The first kappa shape index (κ1) is 20.2. The summed E-state index contributed by atoms with van der Waals surface area (Å²) < 4.78 is 20.1. The van der Waals surface area contributed by atoms with Crippen LogP contribution >= 0.6 is 27.5 Å². The second-order valence-electron chi connectivity index (χ2n) is 6.01. The summed E-state index contributed by atoms with van der Waals surface area (Å²) in [6, 6.07) is 10.3. The third kappa shape index (κ3) is 6.96. The summed E-state index contributed by atoms with van der Waals surface area (Å²) in [4.78, 5) is 0. The van der Waals surface area contributed by atoms with Crippen molar-refractivity contribution in [1.82, 2.24) is 5.32 Å². The Balaban J connectivity index is 1.93. The highest BCUT2D eigenvalue weighted by Gasteiger charge is 2.07. The highest BCUT2D eigenvalue weighted by atomic mass is 79.9. The quantitative estimate of drug-likeness (QED) is 0.437. The van der Waals surface area contributed by atoms with Crippen molar-refractivity contribution < 1.29 is 9.13 Å². The maximum atomic E-state index is 13.1. The Morgan fingerprint density at radius 1 is 1.08 bits per heavy atom. The van der Waals surface area contributed by atoms with Crippen LogP contribution in [0.15, 0.2) is 40.9 Å². The van der Waals surface area contributed by atoms with Crippen LogP contribution in [0.3, 0.4) is 0 Å². The van der Waals surface area contributed by atoms with E-state index >= 15 is 0 Å². The lowest BCUT2D eigenvalue weighted by Crippen LogP contribution is -2.15. The monoisotopic (exact) mass is 427 g/mol. The minimum Gasteiger partial charge on any atom is -0.489 e. The van der Waals surface area contributed by atoms with E-state index in [0.29, 0.717) is 11.6 Å². The van der Waals surface area contributed by atoms with Gasteiger partial charge in [0.1, 0.15) is 18.2 Å². The van der Waals surface area contributed by atoms with Crippen molar-refractivity contribution >= 4 is 27.5 Å². The molecule has 0 aliphatic rings. The van der Waals surface area contributed by atoms with Gasteiger partial charge in [-0.1, -0.05) is 59.8 Å². The normalized spacial score (nSPS) is 10.9. The van der Waals surface area contributed by atoms with Gasteiger partial charge in [-0.15, -0.1) is 0 Å². The van der Waals surface area contributed by atoms with Gasteiger partial charge in [0.2, 0.25) is 0 Å². The Kier molecular flexibility index (Phi) is 8.73. The highest BCUT2D eigenvalue weighted by molar-refractivity contribution is 9.10. The highest BCUT2D eigenvalue weighted by Crippen LogP contribution is 2.25. The summed E-state index contributed by atoms with van der Waals surface area (Å²) in [7, 11) is 0. The van der Waals surface area contributed by atoms with Crippen molar-refractivity contribution in [2.75, 3.05) is 6.54 Å². The molecule has 0 aromatic heterocycles. The van der Waals surface area contributed by atoms with Crippen LogP contribution in [0.4, 0.5) is 4.39 Å². The van der Waals surface area contributed by atoms with Crippen molar-refractivity contribution in [1.29, 1.82) is 0 Å². The molecule has 2 aromatic rings. The number of halogens is 3. The van der Waals surface area contributed by atoms with E-state index in [2.05, 4.69) is 34.2 Å². The summed E-state index contributed by atoms with van der Waals surface area (Å²) >= 11 is 9.57. The van der Waals surface area contributed by atoms with E-state index < -0.39 is 0 Å². The zero-order chi connectivity index (χ0) is 18.1. The third-order valence-corrected chi connectivity index (χ3v) is 4.79. The molecule has 5 heteroatoms. The molecule has 1 N–H and O–H groups in total. The average molecular weight is 429 g/mol. The molecular weight excluding hydrogens is 405 g/mol. The van der Waals surface area contributed by atoms with Gasteiger partial charge in [-0.3, -0.25) is 0 Å². The molecule has 0 saturated carbocycles. The second-order valence-corrected chi connectivity index (χ2v) is 7.34. The lowest BCUT2D eigenvalue weighted by molar-refractivity contribution is 0.302. The van der Waals surface area contributed by atoms with Crippen molar-refractivity contribution in [3.8, 4) is 5.75 Å². The fourth-order valence-electron chi connectivity index (χ4n) is 2.52. The largest absolute Gasteiger partial charge is 0.489 e. The minimum absolute atomic E-state index is 0.310. The van der Waals surface area contributed by atoms with E-state index in [-0.39, 0.29) is 5.82 Å². The van der Waals surface area contributed by atoms with Crippen LogP contribution in [-0.4, -0.2) is 6.54 Å². The molecule has 0 radical (unpaired) electrons. The SMILES string of the molecule is CCCCCCNCc1cc(Br)ccc1OCc1ccc(F)cc1Cl. The van der Waals surface area contributed by atoms with Gasteiger partial charge in [-0.25, -0.2) is 4.39 Å². The molecule has 2 rings (SSSR count). The molecule has 0 atom stereocenters. The van der Waals surface area contributed by atoms with E-state index in [4.69, 9.17) is 16.3 Å². The molecule has 2 aromatic carbocycles. The fraction of sp³-hybridized carbons (Fsp3) is 0.400. The van der Waals surface area contributed by atoms with Crippen LogP contribution in [0.2, 0.25) is 5.02 Å². The summed E-state index contributed by atoms with van der Waals surface area (Å²) in [5.74, 6) is 0.468. The number of ether oxygens (including phenoxy) is 1. The first-order chi connectivity index (χ1) is 12.1. The predicted octanol–water partition coefficient (Wildman–Crippen LogP) is 6.49. The van der Waals surface area contributed by atoms with Crippen molar-refractivity contribution in [3.63, 3.8) is 0 Å². The number of hydrogen-bond donors (Lipinski definition) is 1. The molecule has 0 heterocycles. The van der Waals surface area contributed by atoms with Crippen LogP contribution in [0.5, 0.6) is 5.75 Å². The summed E-state index contributed by atoms with van der Waals surface area (Å²) in [6.45, 7) is 4.27. The topological polar surface area (TPSA) is 21.3 Å². The van der Waals surface area contributed by atoms with Crippen LogP contribution in [0.25, 0.3) is 0 Å². The number of nitrogens with one attached hydrogen (secondary N) is 1. The fourth-order valence-corrected chi connectivity index (χ4v) is 3.15. The smallest absolute Gasteiger partial charge is 0.124 e. The van der Waals surface area contributed by atoms with E-state index in [1.165, 1.54) is 37.8 Å². The van der Waals surface area contributed by atoms with E-state index in [1.807, 2.05) is 12.1 Å². The van der Waals surface area contributed by atoms with Gasteiger partial charge in [0.25, 0.3) is 0 Å². The van der Waals surface area contributed by atoms with Crippen LogP contribution < -0.4 is 10.1 Å². The molecule has 0 spiro atoms. The first-order valence-electron chi connectivity index (χ1n) is 8.66. The molecule has 0 aliphatic carbocycles. The van der Waals surface area contributed by atoms with Gasteiger partial charge in [0, 0.05) is 22.1 Å². The van der Waals surface area contributed by atoms with E-state index in [9.17, 15) is 4.39 Å². The van der Waals surface area contributed by atoms with Gasteiger partial charge in [-0.05, 0) is 43.3 Å². The Hall–Kier alpha value is -1.10. The van der Waals surface area contributed by atoms with Crippen molar-refractivity contribution in [2.24, 2.45) is 0 Å². The zero-order valence-corrected chi connectivity index (χ0v) is 16.8. The maximum Gasteiger partial charge on any atom is 0.124 e. The van der Waals surface area contributed by atoms with Gasteiger partial charge in [-0.2, -0.15) is 0 Å². The van der Waals surface area contributed by atoms with Gasteiger partial charge >= 0.3 is 0 Å². The second kappa shape index (κ2) is 10.8. The summed E-state index contributed by atoms with van der Waals surface area (Å²) in [5.41, 5.74) is 1.85. The third-order valence-electron chi connectivity index (χ3n) is 3.94. The average Bonchev–Trinajstić information content (AvgIpc) is 2.58. The minimum atomic E-state index is -0.342. The van der Waals surface area contributed by atoms with Gasteiger partial charge in [0.05, 0.1) is 5.02 Å². The molecule has 0 amide bonds.